The molecule has 3 rings (SSSR count). The SMILES string of the molecule is CC=CC1C=CC2CC(C)CCC2C1(C)C(O)=C1C(=O)NC(C(C)O)C1=O. The van der Waals surface area contributed by atoms with Gasteiger partial charge in [0, 0.05) is 11.3 Å². The van der Waals surface area contributed by atoms with Crippen LogP contribution in [0.5, 0.6) is 0 Å². The quantitative estimate of drug-likeness (QED) is 0.307. The van der Waals surface area contributed by atoms with Crippen molar-refractivity contribution in [1.29, 1.82) is 0 Å². The first-order chi connectivity index (χ1) is 12.7. The zero-order chi connectivity index (χ0) is 19.9. The third-order valence-corrected chi connectivity index (χ3v) is 6.86. The van der Waals surface area contributed by atoms with Gasteiger partial charge in [0.15, 0.2) is 5.78 Å². The lowest BCUT2D eigenvalue weighted by Crippen LogP contribution is -2.45. The number of ketones is 1. The van der Waals surface area contributed by atoms with Crippen LogP contribution in [0.15, 0.2) is 35.6 Å². The monoisotopic (exact) mass is 373 g/mol. The molecule has 1 amide bonds. The molecule has 2 fully saturated rings. The second kappa shape index (κ2) is 7.27. The number of carbonyl (C=O) groups excluding carboxylic acids is 2. The van der Waals surface area contributed by atoms with E-state index in [9.17, 15) is 19.8 Å². The van der Waals surface area contributed by atoms with Crippen LogP contribution in [0.1, 0.15) is 47.0 Å². The minimum Gasteiger partial charge on any atom is -0.511 e. The molecule has 27 heavy (non-hydrogen) atoms. The number of allylic oxidation sites excluding steroid dienone is 5. The molecule has 0 bridgehead atoms. The number of Topliss-reactive ketones (excluding diaryl/α,β-unsaturated/α-hetero) is 1. The van der Waals surface area contributed by atoms with Crippen molar-refractivity contribution in [3.63, 3.8) is 0 Å². The Bertz CT molecular complexity index is 720. The van der Waals surface area contributed by atoms with E-state index in [-0.39, 0.29) is 23.2 Å². The number of rotatable bonds is 3. The summed E-state index contributed by atoms with van der Waals surface area (Å²) in [6.45, 7) is 7.63. The van der Waals surface area contributed by atoms with E-state index in [4.69, 9.17) is 0 Å². The first-order valence-corrected chi connectivity index (χ1v) is 9.99. The van der Waals surface area contributed by atoms with Gasteiger partial charge in [-0.05, 0) is 44.4 Å². The maximum atomic E-state index is 12.8. The summed E-state index contributed by atoms with van der Waals surface area (Å²) < 4.78 is 0. The first kappa shape index (κ1) is 19.9. The van der Waals surface area contributed by atoms with Crippen LogP contribution < -0.4 is 5.32 Å². The fraction of sp³-hybridized carbons (Fsp3) is 0.636. The molecule has 2 aliphatic carbocycles. The van der Waals surface area contributed by atoms with E-state index < -0.39 is 29.3 Å². The molecule has 1 aliphatic heterocycles. The number of fused-ring (bicyclic) bond motifs is 1. The molecule has 5 nitrogen and oxygen atoms in total. The third kappa shape index (κ3) is 3.16. The fourth-order valence-corrected chi connectivity index (χ4v) is 5.28. The van der Waals surface area contributed by atoms with Gasteiger partial charge in [0.2, 0.25) is 0 Å². The largest absolute Gasteiger partial charge is 0.511 e. The van der Waals surface area contributed by atoms with E-state index >= 15 is 0 Å². The predicted molar refractivity (Wildman–Crippen MR) is 104 cm³/mol. The molecular formula is C22H31NO4. The summed E-state index contributed by atoms with van der Waals surface area (Å²) in [6.07, 6.45) is 10.4. The molecule has 0 aromatic rings. The molecule has 3 aliphatic rings. The molecule has 0 spiro atoms. The minimum atomic E-state index is -1.000. The van der Waals surface area contributed by atoms with Crippen molar-refractivity contribution in [2.75, 3.05) is 0 Å². The number of hydrogen-bond donors (Lipinski definition) is 3. The van der Waals surface area contributed by atoms with Gasteiger partial charge in [-0.25, -0.2) is 0 Å². The van der Waals surface area contributed by atoms with E-state index in [0.717, 1.165) is 19.3 Å². The number of nitrogens with one attached hydrogen (secondary N) is 1. The van der Waals surface area contributed by atoms with Crippen molar-refractivity contribution in [3.05, 3.63) is 35.6 Å². The van der Waals surface area contributed by atoms with Crippen LogP contribution in [0.3, 0.4) is 0 Å². The zero-order valence-corrected chi connectivity index (χ0v) is 16.6. The summed E-state index contributed by atoms with van der Waals surface area (Å²) in [4.78, 5) is 25.3. The Kier molecular flexibility index (Phi) is 5.35. The molecule has 148 valence electrons. The van der Waals surface area contributed by atoms with Crippen molar-refractivity contribution >= 4 is 11.7 Å². The van der Waals surface area contributed by atoms with Crippen molar-refractivity contribution in [1.82, 2.24) is 5.32 Å². The molecule has 1 heterocycles. The van der Waals surface area contributed by atoms with Crippen LogP contribution in [0, 0.1) is 29.1 Å². The summed E-state index contributed by atoms with van der Waals surface area (Å²) >= 11 is 0. The van der Waals surface area contributed by atoms with Gasteiger partial charge in [-0.3, -0.25) is 9.59 Å². The van der Waals surface area contributed by atoms with Gasteiger partial charge in [-0.2, -0.15) is 0 Å². The van der Waals surface area contributed by atoms with Crippen LogP contribution >= 0.6 is 0 Å². The maximum absolute atomic E-state index is 12.8. The highest BCUT2D eigenvalue weighted by Gasteiger charge is 2.53. The average molecular weight is 373 g/mol. The van der Waals surface area contributed by atoms with Crippen LogP contribution in [0.4, 0.5) is 0 Å². The lowest BCUT2D eigenvalue weighted by atomic mass is 9.54. The number of hydrogen-bond acceptors (Lipinski definition) is 4. The van der Waals surface area contributed by atoms with Crippen molar-refractivity contribution in [3.8, 4) is 0 Å². The standard InChI is InChI=1S/C22H31NO4/c1-5-6-15-9-8-14-11-12(2)7-10-16(14)22(15,4)20(26)17-19(25)18(13(3)24)23-21(17)27/h5-6,8-9,12-16,18,24,26H,7,10-11H2,1-4H3,(H,23,27). The summed E-state index contributed by atoms with van der Waals surface area (Å²) in [5, 5.41) is 23.7. The molecule has 0 aromatic heterocycles. The lowest BCUT2D eigenvalue weighted by Gasteiger charge is -2.50. The smallest absolute Gasteiger partial charge is 0.259 e. The number of carbonyl (C=O) groups is 2. The highest BCUT2D eigenvalue weighted by atomic mass is 16.3. The number of amides is 1. The van der Waals surface area contributed by atoms with Crippen molar-refractivity contribution in [2.24, 2.45) is 29.1 Å². The maximum Gasteiger partial charge on any atom is 0.259 e. The highest BCUT2D eigenvalue weighted by Crippen LogP contribution is 2.56. The Hall–Kier alpha value is -1.88. The Labute approximate surface area is 161 Å². The van der Waals surface area contributed by atoms with Gasteiger partial charge in [-0.15, -0.1) is 0 Å². The highest BCUT2D eigenvalue weighted by molar-refractivity contribution is 6.27. The van der Waals surface area contributed by atoms with Gasteiger partial charge in [0.05, 0.1) is 6.10 Å². The van der Waals surface area contributed by atoms with Crippen LogP contribution in [-0.2, 0) is 9.59 Å². The molecule has 7 unspecified atom stereocenters. The summed E-state index contributed by atoms with van der Waals surface area (Å²) in [5.41, 5.74) is -0.896. The van der Waals surface area contributed by atoms with E-state index in [1.807, 2.05) is 26.0 Å². The molecule has 1 saturated heterocycles. The van der Waals surface area contributed by atoms with Gasteiger partial charge in [0.25, 0.3) is 5.91 Å². The Morgan fingerprint density at radius 2 is 2.04 bits per heavy atom. The molecule has 7 atom stereocenters. The average Bonchev–Trinajstić information content (AvgIpc) is 2.91. The summed E-state index contributed by atoms with van der Waals surface area (Å²) in [7, 11) is 0. The molecule has 0 radical (unpaired) electrons. The van der Waals surface area contributed by atoms with Crippen molar-refractivity contribution in [2.45, 2.75) is 59.1 Å². The van der Waals surface area contributed by atoms with Gasteiger partial charge in [0.1, 0.15) is 17.4 Å². The van der Waals surface area contributed by atoms with Crippen molar-refractivity contribution < 1.29 is 19.8 Å². The van der Waals surface area contributed by atoms with Gasteiger partial charge < -0.3 is 15.5 Å². The van der Waals surface area contributed by atoms with E-state index in [2.05, 4.69) is 24.4 Å². The van der Waals surface area contributed by atoms with E-state index in [1.165, 1.54) is 6.92 Å². The molecular weight excluding hydrogens is 342 g/mol. The molecule has 1 saturated carbocycles. The van der Waals surface area contributed by atoms with Crippen LogP contribution in [0.25, 0.3) is 0 Å². The molecule has 3 N–H and O–H groups in total. The van der Waals surface area contributed by atoms with E-state index in [1.54, 1.807) is 0 Å². The zero-order valence-electron chi connectivity index (χ0n) is 16.6. The molecule has 5 heteroatoms. The predicted octanol–water partition coefficient (Wildman–Crippen LogP) is 3.07. The van der Waals surface area contributed by atoms with Gasteiger partial charge in [-0.1, -0.05) is 44.6 Å². The minimum absolute atomic E-state index is 0.0872. The Morgan fingerprint density at radius 3 is 2.63 bits per heavy atom. The molecule has 0 aromatic carbocycles. The topological polar surface area (TPSA) is 86.6 Å². The van der Waals surface area contributed by atoms with E-state index in [0.29, 0.717) is 11.8 Å². The Morgan fingerprint density at radius 1 is 1.33 bits per heavy atom. The number of aliphatic hydroxyl groups excluding tert-OH is 2. The van der Waals surface area contributed by atoms with Crippen LogP contribution in [-0.4, -0.2) is 34.0 Å². The normalized spacial score (nSPS) is 42.2. The second-order valence-corrected chi connectivity index (χ2v) is 8.69. The second-order valence-electron chi connectivity index (χ2n) is 8.69. The summed E-state index contributed by atoms with van der Waals surface area (Å²) in [6, 6.07) is -0.986. The Balaban J connectivity index is 2.11. The lowest BCUT2D eigenvalue weighted by molar-refractivity contribution is -0.118. The number of aliphatic hydroxyl groups is 2. The first-order valence-electron chi connectivity index (χ1n) is 9.99. The fourth-order valence-electron chi connectivity index (χ4n) is 5.28. The summed E-state index contributed by atoms with van der Waals surface area (Å²) in [5.74, 6) is -0.179. The van der Waals surface area contributed by atoms with Crippen LogP contribution in [0.2, 0.25) is 0 Å². The third-order valence-electron chi connectivity index (χ3n) is 6.86. The van der Waals surface area contributed by atoms with Gasteiger partial charge >= 0.3 is 0 Å².